The van der Waals surface area contributed by atoms with Gasteiger partial charge in [0.15, 0.2) is 0 Å². The second-order valence-corrected chi connectivity index (χ2v) is 5.18. The van der Waals surface area contributed by atoms with Crippen LogP contribution in [0.4, 0.5) is 0 Å². The highest BCUT2D eigenvalue weighted by Crippen LogP contribution is 2.39. The van der Waals surface area contributed by atoms with Crippen molar-refractivity contribution in [2.24, 2.45) is 0 Å². The highest BCUT2D eigenvalue weighted by Gasteiger charge is 2.15. The van der Waals surface area contributed by atoms with Crippen molar-refractivity contribution in [2.75, 3.05) is 7.11 Å². The van der Waals surface area contributed by atoms with Gasteiger partial charge in [0.05, 0.1) is 35.3 Å². The molecule has 0 atom stereocenters. The van der Waals surface area contributed by atoms with Crippen LogP contribution in [0.15, 0.2) is 24.3 Å². The Balaban J connectivity index is 2.66. The molecule has 0 N–H and O–H groups in total. The fraction of sp³-hybridized carbons (Fsp3) is 0.143. The second-order valence-electron chi connectivity index (χ2n) is 3.93. The Morgan fingerprint density at radius 1 is 1.20 bits per heavy atom. The van der Waals surface area contributed by atoms with E-state index in [2.05, 4.69) is 11.1 Å². The van der Waals surface area contributed by atoms with Crippen molar-refractivity contribution in [1.29, 1.82) is 5.26 Å². The van der Waals surface area contributed by atoms with Gasteiger partial charge >= 0.3 is 0 Å². The van der Waals surface area contributed by atoms with E-state index in [4.69, 9.17) is 44.8 Å². The summed E-state index contributed by atoms with van der Waals surface area (Å²) in [5.41, 5.74) is 1.86. The number of pyridine rings is 1. The van der Waals surface area contributed by atoms with E-state index < -0.39 is 0 Å². The van der Waals surface area contributed by atoms with Crippen molar-refractivity contribution in [3.8, 4) is 23.1 Å². The number of rotatable bonds is 3. The smallest absolute Gasteiger partial charge is 0.213 e. The Morgan fingerprint density at radius 2 is 1.85 bits per heavy atom. The summed E-state index contributed by atoms with van der Waals surface area (Å²) in [4.78, 5) is 4.27. The van der Waals surface area contributed by atoms with Crippen molar-refractivity contribution >= 4 is 34.8 Å². The van der Waals surface area contributed by atoms with Gasteiger partial charge in [0.2, 0.25) is 5.88 Å². The van der Waals surface area contributed by atoms with Gasteiger partial charge < -0.3 is 4.74 Å². The molecule has 0 radical (unpaired) electrons. The molecule has 0 bridgehead atoms. The number of ether oxygens (including phenoxy) is 1. The minimum absolute atomic E-state index is 0.127. The minimum Gasteiger partial charge on any atom is -0.481 e. The molecular weight excluding hydrogens is 319 g/mol. The van der Waals surface area contributed by atoms with E-state index >= 15 is 0 Å². The molecular formula is C14H9Cl3N2O. The van der Waals surface area contributed by atoms with Crippen molar-refractivity contribution < 1.29 is 4.74 Å². The molecule has 0 fully saturated rings. The quantitative estimate of drug-likeness (QED) is 0.814. The first-order valence-electron chi connectivity index (χ1n) is 5.62. The molecule has 0 unspecified atom stereocenters. The summed E-state index contributed by atoms with van der Waals surface area (Å²) in [6.45, 7) is 0. The largest absolute Gasteiger partial charge is 0.481 e. The standard InChI is InChI=1S/C14H9Cl3N2O/c1-20-13-3-2-9(12(19-13)4-5-18)14-10(16)6-8(15)7-11(14)17/h2-3,6-7H,4H2,1H3. The van der Waals surface area contributed by atoms with E-state index in [-0.39, 0.29) is 6.42 Å². The number of methoxy groups -OCH3 is 1. The van der Waals surface area contributed by atoms with Gasteiger partial charge in [-0.3, -0.25) is 0 Å². The monoisotopic (exact) mass is 326 g/mol. The van der Waals surface area contributed by atoms with E-state index in [0.29, 0.717) is 37.8 Å². The molecule has 0 aliphatic rings. The molecule has 2 aromatic rings. The zero-order valence-electron chi connectivity index (χ0n) is 10.5. The Labute approximate surface area is 131 Å². The molecule has 1 heterocycles. The third kappa shape index (κ3) is 2.99. The lowest BCUT2D eigenvalue weighted by atomic mass is 10.0. The molecule has 102 valence electrons. The van der Waals surface area contributed by atoms with Crippen LogP contribution in [0.1, 0.15) is 5.69 Å². The maximum Gasteiger partial charge on any atom is 0.213 e. The summed E-state index contributed by atoms with van der Waals surface area (Å²) in [6, 6.07) is 8.74. The number of aromatic nitrogens is 1. The molecule has 6 heteroatoms. The van der Waals surface area contributed by atoms with Gasteiger partial charge in [-0.2, -0.15) is 5.26 Å². The van der Waals surface area contributed by atoms with Crippen molar-refractivity contribution in [1.82, 2.24) is 4.98 Å². The fourth-order valence-electron chi connectivity index (χ4n) is 1.83. The normalized spacial score (nSPS) is 10.2. The van der Waals surface area contributed by atoms with Crippen LogP contribution in [0.2, 0.25) is 15.1 Å². The van der Waals surface area contributed by atoms with Crippen LogP contribution in [0.3, 0.4) is 0 Å². The molecule has 2 rings (SSSR count). The molecule has 0 saturated heterocycles. The highest BCUT2D eigenvalue weighted by atomic mass is 35.5. The molecule has 0 amide bonds. The molecule has 1 aromatic heterocycles. The number of hydrogen-bond acceptors (Lipinski definition) is 3. The van der Waals surface area contributed by atoms with Gasteiger partial charge in [-0.15, -0.1) is 0 Å². The first-order chi connectivity index (χ1) is 9.56. The number of nitrogens with zero attached hydrogens (tertiary/aromatic N) is 2. The van der Waals surface area contributed by atoms with Gasteiger partial charge in [-0.25, -0.2) is 4.98 Å². The lowest BCUT2D eigenvalue weighted by molar-refractivity contribution is 0.397. The molecule has 0 aliphatic heterocycles. The van der Waals surface area contributed by atoms with Crippen LogP contribution in [-0.4, -0.2) is 12.1 Å². The Morgan fingerprint density at radius 3 is 2.40 bits per heavy atom. The van der Waals surface area contributed by atoms with Gasteiger partial charge in [0.25, 0.3) is 0 Å². The number of nitriles is 1. The van der Waals surface area contributed by atoms with Gasteiger partial charge in [0, 0.05) is 22.2 Å². The van der Waals surface area contributed by atoms with Crippen LogP contribution >= 0.6 is 34.8 Å². The third-order valence-corrected chi connectivity index (χ3v) is 3.49. The van der Waals surface area contributed by atoms with Crippen molar-refractivity contribution in [3.63, 3.8) is 0 Å². The first-order valence-corrected chi connectivity index (χ1v) is 6.76. The zero-order valence-corrected chi connectivity index (χ0v) is 12.7. The molecule has 0 aliphatic carbocycles. The lowest BCUT2D eigenvalue weighted by Crippen LogP contribution is -1.97. The maximum atomic E-state index is 8.92. The molecule has 0 saturated carbocycles. The van der Waals surface area contributed by atoms with E-state index in [1.165, 1.54) is 7.11 Å². The predicted octanol–water partition coefficient (Wildman–Crippen LogP) is 4.78. The number of halogens is 3. The van der Waals surface area contributed by atoms with Crippen LogP contribution in [-0.2, 0) is 6.42 Å². The second kappa shape index (κ2) is 6.32. The summed E-state index contributed by atoms with van der Waals surface area (Å²) in [6.07, 6.45) is 0.127. The molecule has 0 spiro atoms. The Bertz CT molecular complexity index is 672. The summed E-state index contributed by atoms with van der Waals surface area (Å²) in [5, 5.41) is 10.2. The fourth-order valence-corrected chi connectivity index (χ4v) is 2.85. The number of hydrogen-bond donors (Lipinski definition) is 0. The zero-order chi connectivity index (χ0) is 14.7. The maximum absolute atomic E-state index is 8.92. The van der Waals surface area contributed by atoms with Gasteiger partial charge in [0.1, 0.15) is 0 Å². The number of benzene rings is 1. The molecule has 20 heavy (non-hydrogen) atoms. The van der Waals surface area contributed by atoms with E-state index in [1.807, 2.05) is 0 Å². The van der Waals surface area contributed by atoms with Crippen molar-refractivity contribution in [2.45, 2.75) is 6.42 Å². The van der Waals surface area contributed by atoms with Crippen LogP contribution in [0.25, 0.3) is 11.1 Å². The minimum atomic E-state index is 0.127. The van der Waals surface area contributed by atoms with E-state index in [9.17, 15) is 0 Å². The average molecular weight is 328 g/mol. The molecule has 3 nitrogen and oxygen atoms in total. The van der Waals surface area contributed by atoms with E-state index in [1.54, 1.807) is 24.3 Å². The van der Waals surface area contributed by atoms with Crippen LogP contribution < -0.4 is 4.74 Å². The van der Waals surface area contributed by atoms with Crippen LogP contribution in [0.5, 0.6) is 5.88 Å². The topological polar surface area (TPSA) is 45.9 Å². The van der Waals surface area contributed by atoms with E-state index in [0.717, 1.165) is 0 Å². The van der Waals surface area contributed by atoms with Gasteiger partial charge in [-0.1, -0.05) is 34.8 Å². The predicted molar refractivity (Wildman–Crippen MR) is 80.6 cm³/mol. The lowest BCUT2D eigenvalue weighted by Gasteiger charge is -2.12. The third-order valence-electron chi connectivity index (χ3n) is 2.68. The van der Waals surface area contributed by atoms with Crippen molar-refractivity contribution in [3.05, 3.63) is 45.0 Å². The first kappa shape index (κ1) is 14.9. The average Bonchev–Trinajstić information content (AvgIpc) is 2.39. The summed E-state index contributed by atoms with van der Waals surface area (Å²) < 4.78 is 5.06. The highest BCUT2D eigenvalue weighted by molar-refractivity contribution is 6.41. The Hall–Kier alpha value is -1.47. The molecule has 1 aromatic carbocycles. The van der Waals surface area contributed by atoms with Crippen LogP contribution in [0, 0.1) is 11.3 Å². The van der Waals surface area contributed by atoms with Gasteiger partial charge in [-0.05, 0) is 18.2 Å². The summed E-state index contributed by atoms with van der Waals surface area (Å²) in [5.74, 6) is 0.431. The Kier molecular flexibility index (Phi) is 4.72. The summed E-state index contributed by atoms with van der Waals surface area (Å²) >= 11 is 18.3. The SMILES string of the molecule is COc1ccc(-c2c(Cl)cc(Cl)cc2Cl)c(CC#N)n1. The summed E-state index contributed by atoms with van der Waals surface area (Å²) in [7, 11) is 1.51.